The van der Waals surface area contributed by atoms with E-state index in [1.165, 1.54) is 11.5 Å². The van der Waals surface area contributed by atoms with E-state index in [9.17, 15) is 4.39 Å². The Labute approximate surface area is 88.4 Å². The summed E-state index contributed by atoms with van der Waals surface area (Å²) in [5.74, 6) is -0.341. The number of nitrogens with two attached hydrogens (primary N) is 1. The average molecular weight is 212 g/mol. The van der Waals surface area contributed by atoms with Crippen LogP contribution in [0.1, 0.15) is 12.5 Å². The normalized spacial score (nSPS) is 11.5. The number of rotatable bonds is 3. The second-order valence-electron chi connectivity index (χ2n) is 2.81. The van der Waals surface area contributed by atoms with Crippen LogP contribution in [0.5, 0.6) is 0 Å². The fourth-order valence-corrected chi connectivity index (χ4v) is 1.27. The topological polar surface area (TPSA) is 38.0 Å². The van der Waals surface area contributed by atoms with Crippen molar-refractivity contribution in [3.8, 4) is 0 Å². The summed E-state index contributed by atoms with van der Waals surface area (Å²) in [6.45, 7) is 2.71. The molecule has 0 saturated heterocycles. The summed E-state index contributed by atoms with van der Waals surface area (Å²) in [6, 6.07) is 4.84. The highest BCUT2D eigenvalue weighted by molar-refractivity contribution is 7.83. The molecular weight excluding hydrogens is 199 g/mol. The lowest BCUT2D eigenvalue weighted by Crippen LogP contribution is -2.01. The third-order valence-corrected chi connectivity index (χ3v) is 2.08. The zero-order chi connectivity index (χ0) is 10.6. The maximum absolute atomic E-state index is 13.4. The lowest BCUT2D eigenvalue weighted by Gasteiger charge is -2.06. The third kappa shape index (κ3) is 2.42. The van der Waals surface area contributed by atoms with E-state index in [1.807, 2.05) is 6.92 Å². The fraction of sp³-hybridized carbons (Fsp3) is 0.200. The first-order valence-electron chi connectivity index (χ1n) is 4.32. The SMILES string of the molecule is CCNc1ccc(/C(N)=C/S)c(F)c1. The quantitative estimate of drug-likeness (QED) is 0.673. The Bertz CT molecular complexity index is 350. The molecule has 0 saturated carbocycles. The zero-order valence-electron chi connectivity index (χ0n) is 7.92. The first kappa shape index (κ1) is 10.9. The fourth-order valence-electron chi connectivity index (χ4n) is 1.13. The summed E-state index contributed by atoms with van der Waals surface area (Å²) < 4.78 is 13.4. The van der Waals surface area contributed by atoms with Crippen LogP contribution in [0.2, 0.25) is 0 Å². The average Bonchev–Trinajstić information content (AvgIpc) is 2.17. The van der Waals surface area contributed by atoms with Crippen molar-refractivity contribution in [2.24, 2.45) is 5.73 Å². The molecular formula is C10H13FN2S. The molecule has 0 amide bonds. The van der Waals surface area contributed by atoms with Crippen LogP contribution in [0, 0.1) is 5.82 Å². The molecule has 0 fully saturated rings. The molecule has 1 rings (SSSR count). The molecule has 0 heterocycles. The van der Waals surface area contributed by atoms with Gasteiger partial charge in [-0.2, -0.15) is 0 Å². The molecule has 0 aliphatic carbocycles. The van der Waals surface area contributed by atoms with Gasteiger partial charge in [-0.1, -0.05) is 0 Å². The summed E-state index contributed by atoms with van der Waals surface area (Å²) in [5, 5.41) is 4.39. The van der Waals surface area contributed by atoms with Crippen molar-refractivity contribution in [1.29, 1.82) is 0 Å². The van der Waals surface area contributed by atoms with Crippen LogP contribution >= 0.6 is 12.6 Å². The number of thiol groups is 1. The van der Waals surface area contributed by atoms with Gasteiger partial charge in [0.1, 0.15) is 5.82 Å². The lowest BCUT2D eigenvalue weighted by atomic mass is 10.1. The summed E-state index contributed by atoms with van der Waals surface area (Å²) in [7, 11) is 0. The van der Waals surface area contributed by atoms with Crippen molar-refractivity contribution in [2.45, 2.75) is 6.92 Å². The second-order valence-corrected chi connectivity index (χ2v) is 3.07. The minimum absolute atomic E-state index is 0.328. The van der Waals surface area contributed by atoms with Crippen LogP contribution in [0.25, 0.3) is 5.70 Å². The van der Waals surface area contributed by atoms with Crippen molar-refractivity contribution >= 4 is 24.0 Å². The first-order valence-corrected chi connectivity index (χ1v) is 4.84. The van der Waals surface area contributed by atoms with E-state index in [-0.39, 0.29) is 5.82 Å². The van der Waals surface area contributed by atoms with E-state index in [2.05, 4.69) is 17.9 Å². The molecule has 2 nitrogen and oxygen atoms in total. The van der Waals surface area contributed by atoms with Crippen LogP contribution in [0.15, 0.2) is 23.6 Å². The van der Waals surface area contributed by atoms with E-state index in [0.29, 0.717) is 11.3 Å². The number of hydrogen-bond acceptors (Lipinski definition) is 3. The number of benzene rings is 1. The highest BCUT2D eigenvalue weighted by Gasteiger charge is 2.04. The van der Waals surface area contributed by atoms with E-state index < -0.39 is 0 Å². The molecule has 14 heavy (non-hydrogen) atoms. The Balaban J connectivity index is 3.01. The molecule has 0 spiro atoms. The van der Waals surface area contributed by atoms with Crippen molar-refractivity contribution < 1.29 is 4.39 Å². The van der Waals surface area contributed by atoms with Gasteiger partial charge in [0.25, 0.3) is 0 Å². The standard InChI is InChI=1S/C10H13FN2S/c1-2-13-7-3-4-8(9(11)5-7)10(12)6-14/h3-6,13-14H,2,12H2,1H3/b10-6-. The number of anilines is 1. The Morgan fingerprint density at radius 1 is 1.64 bits per heavy atom. The van der Waals surface area contributed by atoms with Gasteiger partial charge in [-0.3, -0.25) is 0 Å². The predicted octanol–water partition coefficient (Wildman–Crippen LogP) is 2.44. The maximum atomic E-state index is 13.4. The molecule has 1 aromatic rings. The van der Waals surface area contributed by atoms with Crippen molar-refractivity contribution in [1.82, 2.24) is 0 Å². The van der Waals surface area contributed by atoms with Crippen LogP contribution in [-0.4, -0.2) is 6.54 Å². The zero-order valence-corrected chi connectivity index (χ0v) is 8.81. The Morgan fingerprint density at radius 2 is 2.36 bits per heavy atom. The third-order valence-electron chi connectivity index (χ3n) is 1.80. The Hall–Kier alpha value is -1.16. The van der Waals surface area contributed by atoms with E-state index in [4.69, 9.17) is 5.73 Å². The summed E-state index contributed by atoms with van der Waals surface area (Å²) in [5.41, 5.74) is 7.00. The minimum Gasteiger partial charge on any atom is -0.398 e. The summed E-state index contributed by atoms with van der Waals surface area (Å²) >= 11 is 3.87. The smallest absolute Gasteiger partial charge is 0.134 e. The van der Waals surface area contributed by atoms with Crippen LogP contribution in [0.3, 0.4) is 0 Å². The van der Waals surface area contributed by atoms with Crippen LogP contribution in [-0.2, 0) is 0 Å². The monoisotopic (exact) mass is 212 g/mol. The van der Waals surface area contributed by atoms with Gasteiger partial charge in [-0.25, -0.2) is 4.39 Å². The molecule has 0 unspecified atom stereocenters. The number of halogens is 1. The van der Waals surface area contributed by atoms with Crippen LogP contribution in [0.4, 0.5) is 10.1 Å². The maximum Gasteiger partial charge on any atom is 0.134 e. The van der Waals surface area contributed by atoms with Crippen molar-refractivity contribution in [2.75, 3.05) is 11.9 Å². The van der Waals surface area contributed by atoms with Gasteiger partial charge < -0.3 is 11.1 Å². The minimum atomic E-state index is -0.341. The van der Waals surface area contributed by atoms with Gasteiger partial charge >= 0.3 is 0 Å². The highest BCUT2D eigenvalue weighted by Crippen LogP contribution is 2.18. The lowest BCUT2D eigenvalue weighted by molar-refractivity contribution is 0.624. The largest absolute Gasteiger partial charge is 0.398 e. The van der Waals surface area contributed by atoms with Gasteiger partial charge in [0.15, 0.2) is 0 Å². The van der Waals surface area contributed by atoms with E-state index in [1.54, 1.807) is 12.1 Å². The molecule has 76 valence electrons. The molecule has 0 aromatic heterocycles. The van der Waals surface area contributed by atoms with Crippen molar-refractivity contribution in [3.05, 3.63) is 35.0 Å². The van der Waals surface area contributed by atoms with Gasteiger partial charge in [0.05, 0.1) is 0 Å². The molecule has 0 atom stereocenters. The molecule has 0 aliphatic rings. The van der Waals surface area contributed by atoms with Crippen molar-refractivity contribution in [3.63, 3.8) is 0 Å². The van der Waals surface area contributed by atoms with Gasteiger partial charge in [0, 0.05) is 23.5 Å². The van der Waals surface area contributed by atoms with E-state index >= 15 is 0 Å². The highest BCUT2D eigenvalue weighted by atomic mass is 32.1. The number of hydrogen-bond donors (Lipinski definition) is 3. The molecule has 0 radical (unpaired) electrons. The van der Waals surface area contributed by atoms with Gasteiger partial charge in [-0.15, -0.1) is 12.6 Å². The molecule has 3 N–H and O–H groups in total. The summed E-state index contributed by atoms with van der Waals surface area (Å²) in [6.07, 6.45) is 0. The number of nitrogens with one attached hydrogen (secondary N) is 1. The predicted molar refractivity (Wildman–Crippen MR) is 61.7 cm³/mol. The molecule has 1 aromatic carbocycles. The first-order chi connectivity index (χ1) is 6.69. The van der Waals surface area contributed by atoms with Crippen LogP contribution < -0.4 is 11.1 Å². The Kier molecular flexibility index (Phi) is 3.83. The second kappa shape index (κ2) is 4.91. The summed E-state index contributed by atoms with van der Waals surface area (Å²) in [4.78, 5) is 0. The van der Waals surface area contributed by atoms with E-state index in [0.717, 1.165) is 12.2 Å². The molecule has 0 aliphatic heterocycles. The van der Waals surface area contributed by atoms with Gasteiger partial charge in [-0.05, 0) is 30.5 Å². The Morgan fingerprint density at radius 3 is 2.86 bits per heavy atom. The van der Waals surface area contributed by atoms with Gasteiger partial charge in [0.2, 0.25) is 0 Å². The molecule has 4 heteroatoms. The molecule has 0 bridgehead atoms.